The number of methoxy groups -OCH3 is 1. The molecule has 0 aromatic heterocycles. The van der Waals surface area contributed by atoms with Crippen LogP contribution in [-0.2, 0) is 10.1 Å². The Hall–Kier alpha value is -2.87. The predicted octanol–water partition coefficient (Wildman–Crippen LogP) is 3.02. The summed E-state index contributed by atoms with van der Waals surface area (Å²) in [5, 5.41) is 10.5. The molecule has 0 aliphatic heterocycles. The van der Waals surface area contributed by atoms with E-state index in [1.165, 1.54) is 31.4 Å². The number of hydrogen-bond acceptors (Lipinski definition) is 6. The van der Waals surface area contributed by atoms with Crippen molar-refractivity contribution < 1.29 is 22.3 Å². The second kappa shape index (κ2) is 7.14. The van der Waals surface area contributed by atoms with Crippen LogP contribution in [0, 0.1) is 17.0 Å². The smallest absolute Gasteiger partial charge is 0.339 e. The molecule has 0 aliphatic rings. The van der Waals surface area contributed by atoms with Crippen molar-refractivity contribution in [3.8, 4) is 11.5 Å². The second-order valence-electron chi connectivity index (χ2n) is 4.83. The topological polar surface area (TPSA) is 95.7 Å². The summed E-state index contributed by atoms with van der Waals surface area (Å²) >= 11 is 0. The van der Waals surface area contributed by atoms with Gasteiger partial charge in [0.25, 0.3) is 0 Å². The van der Waals surface area contributed by atoms with E-state index in [-0.39, 0.29) is 22.0 Å². The molecule has 2 aromatic carbocycles. The number of rotatable bonds is 6. The van der Waals surface area contributed by atoms with Crippen LogP contribution in [0.15, 0.2) is 53.6 Å². The first kappa shape index (κ1) is 17.5. The molecule has 0 radical (unpaired) electrons. The second-order valence-corrected chi connectivity index (χ2v) is 6.38. The zero-order valence-electron chi connectivity index (χ0n) is 13.0. The normalized spacial score (nSPS) is 11.4. The highest BCUT2D eigenvalue weighted by Crippen LogP contribution is 2.34. The van der Waals surface area contributed by atoms with Crippen LogP contribution in [-0.4, -0.2) is 20.5 Å². The van der Waals surface area contributed by atoms with Gasteiger partial charge in [-0.2, -0.15) is 8.42 Å². The van der Waals surface area contributed by atoms with Gasteiger partial charge in [-0.05, 0) is 25.1 Å². The van der Waals surface area contributed by atoms with Gasteiger partial charge < -0.3 is 8.92 Å². The van der Waals surface area contributed by atoms with Crippen LogP contribution >= 0.6 is 0 Å². The van der Waals surface area contributed by atoms with Gasteiger partial charge in [0.15, 0.2) is 11.5 Å². The summed E-state index contributed by atoms with van der Waals surface area (Å²) in [6, 6.07) is 10.7. The lowest BCUT2D eigenvalue weighted by Crippen LogP contribution is -2.11. The van der Waals surface area contributed by atoms with E-state index in [1.807, 2.05) is 6.92 Å². The van der Waals surface area contributed by atoms with Gasteiger partial charge >= 0.3 is 10.1 Å². The van der Waals surface area contributed by atoms with Crippen molar-refractivity contribution in [3.63, 3.8) is 0 Å². The van der Waals surface area contributed by atoms with Crippen LogP contribution in [0.2, 0.25) is 0 Å². The fourth-order valence-electron chi connectivity index (χ4n) is 1.92. The van der Waals surface area contributed by atoms with Crippen LogP contribution in [0.25, 0.3) is 6.08 Å². The number of aryl methyl sites for hydroxylation is 1. The van der Waals surface area contributed by atoms with E-state index < -0.39 is 15.0 Å². The summed E-state index contributed by atoms with van der Waals surface area (Å²) in [6.07, 6.45) is 1.84. The highest BCUT2D eigenvalue weighted by Gasteiger charge is 2.21. The van der Waals surface area contributed by atoms with Gasteiger partial charge in [-0.15, -0.1) is 0 Å². The molecule has 0 unspecified atom stereocenters. The summed E-state index contributed by atoms with van der Waals surface area (Å²) in [7, 11) is -2.76. The van der Waals surface area contributed by atoms with E-state index in [4.69, 9.17) is 8.92 Å². The lowest BCUT2D eigenvalue weighted by atomic mass is 10.2. The number of ether oxygens (including phenoxy) is 1. The van der Waals surface area contributed by atoms with E-state index in [2.05, 4.69) is 0 Å². The van der Waals surface area contributed by atoms with Gasteiger partial charge in [-0.3, -0.25) is 10.1 Å². The van der Waals surface area contributed by atoms with E-state index in [9.17, 15) is 18.5 Å². The van der Waals surface area contributed by atoms with Crippen molar-refractivity contribution in [2.75, 3.05) is 7.11 Å². The molecule has 0 spiro atoms. The largest absolute Gasteiger partial charge is 0.493 e. The molecule has 24 heavy (non-hydrogen) atoms. The first-order valence-corrected chi connectivity index (χ1v) is 8.24. The van der Waals surface area contributed by atoms with Crippen molar-refractivity contribution in [2.24, 2.45) is 0 Å². The molecule has 8 heteroatoms. The summed E-state index contributed by atoms with van der Waals surface area (Å²) in [4.78, 5) is 9.83. The van der Waals surface area contributed by atoms with E-state index >= 15 is 0 Å². The van der Waals surface area contributed by atoms with Gasteiger partial charge in [0.1, 0.15) is 4.90 Å². The quantitative estimate of drug-likeness (QED) is 0.452. The Labute approximate surface area is 139 Å². The highest BCUT2D eigenvalue weighted by molar-refractivity contribution is 7.87. The van der Waals surface area contributed by atoms with Crippen LogP contribution < -0.4 is 8.92 Å². The number of nitrogens with zero attached hydrogens (tertiary/aromatic N) is 1. The number of hydrogen-bond donors (Lipinski definition) is 0. The Morgan fingerprint density at radius 2 is 1.79 bits per heavy atom. The maximum atomic E-state index is 12.4. The van der Waals surface area contributed by atoms with Crippen molar-refractivity contribution in [1.29, 1.82) is 0 Å². The molecule has 2 aromatic rings. The molecular formula is C16H15NO6S. The fraction of sp³-hybridized carbons (Fsp3) is 0.125. The molecule has 7 nitrogen and oxygen atoms in total. The third-order valence-corrected chi connectivity index (χ3v) is 4.34. The Morgan fingerprint density at radius 3 is 2.38 bits per heavy atom. The minimum absolute atomic E-state index is 0.0248. The first-order chi connectivity index (χ1) is 11.3. The molecule has 2 rings (SSSR count). The van der Waals surface area contributed by atoms with Crippen molar-refractivity contribution in [2.45, 2.75) is 11.8 Å². The fourth-order valence-corrected chi connectivity index (χ4v) is 2.88. The van der Waals surface area contributed by atoms with Crippen molar-refractivity contribution in [3.05, 3.63) is 69.9 Å². The lowest BCUT2D eigenvalue weighted by Gasteiger charge is -2.13. The average molecular weight is 349 g/mol. The molecule has 0 amide bonds. The molecule has 0 heterocycles. The summed E-state index contributed by atoms with van der Waals surface area (Å²) in [5.41, 5.74) is 1.11. The molecule has 0 aliphatic carbocycles. The maximum absolute atomic E-state index is 12.4. The highest BCUT2D eigenvalue weighted by atomic mass is 32.2. The van der Waals surface area contributed by atoms with E-state index in [0.29, 0.717) is 6.20 Å². The first-order valence-electron chi connectivity index (χ1n) is 6.83. The van der Waals surface area contributed by atoms with E-state index in [0.717, 1.165) is 11.6 Å². The molecule has 0 saturated carbocycles. The monoisotopic (exact) mass is 349 g/mol. The molecular weight excluding hydrogens is 334 g/mol. The molecule has 0 atom stereocenters. The minimum atomic E-state index is -4.11. The summed E-state index contributed by atoms with van der Waals surface area (Å²) in [6.45, 7) is 1.83. The Bertz CT molecular complexity index is 872. The minimum Gasteiger partial charge on any atom is -0.493 e. The van der Waals surface area contributed by atoms with Crippen LogP contribution in [0.5, 0.6) is 11.5 Å². The molecule has 126 valence electrons. The zero-order chi connectivity index (χ0) is 17.7. The van der Waals surface area contributed by atoms with Crippen LogP contribution in [0.1, 0.15) is 11.1 Å². The number of nitro groups is 1. The molecule has 0 N–H and O–H groups in total. The van der Waals surface area contributed by atoms with Gasteiger partial charge in [0, 0.05) is 11.6 Å². The van der Waals surface area contributed by atoms with Gasteiger partial charge in [-0.25, -0.2) is 0 Å². The molecule has 0 saturated heterocycles. The van der Waals surface area contributed by atoms with E-state index in [1.54, 1.807) is 18.2 Å². The Balaban J connectivity index is 2.47. The van der Waals surface area contributed by atoms with Gasteiger partial charge in [-0.1, -0.05) is 29.8 Å². The van der Waals surface area contributed by atoms with Crippen LogP contribution in [0.3, 0.4) is 0 Å². The van der Waals surface area contributed by atoms with Gasteiger partial charge in [0.2, 0.25) is 6.20 Å². The summed E-state index contributed by atoms with van der Waals surface area (Å²) in [5.74, 6) is 0.0369. The molecule has 0 fully saturated rings. The lowest BCUT2D eigenvalue weighted by molar-refractivity contribution is -0.400. The van der Waals surface area contributed by atoms with Crippen molar-refractivity contribution >= 4 is 16.2 Å². The van der Waals surface area contributed by atoms with Crippen LogP contribution in [0.4, 0.5) is 0 Å². The summed E-state index contributed by atoms with van der Waals surface area (Å²) < 4.78 is 35.2. The Kier molecular flexibility index (Phi) is 5.20. The standard InChI is InChI=1S/C16H15NO6S/c1-12-6-8-14(9-7-12)24(20,21)23-16-13(10-11-17(18)19)4-3-5-15(16)22-2/h3-11H,1-2H3/b11-10+. The zero-order valence-corrected chi connectivity index (χ0v) is 13.8. The Morgan fingerprint density at radius 1 is 1.12 bits per heavy atom. The molecule has 0 bridgehead atoms. The van der Waals surface area contributed by atoms with Crippen molar-refractivity contribution in [1.82, 2.24) is 0 Å². The van der Waals surface area contributed by atoms with Gasteiger partial charge in [0.05, 0.1) is 12.0 Å². The maximum Gasteiger partial charge on any atom is 0.339 e. The predicted molar refractivity (Wildman–Crippen MR) is 88.0 cm³/mol. The third kappa shape index (κ3) is 4.11. The number of para-hydroxylation sites is 1. The third-order valence-electron chi connectivity index (χ3n) is 3.11. The number of benzene rings is 2. The SMILES string of the molecule is COc1cccc(/C=C/[N+](=O)[O-])c1OS(=O)(=O)c1ccc(C)cc1. The average Bonchev–Trinajstić information content (AvgIpc) is 2.53.